The molecule has 41 heavy (non-hydrogen) atoms. The fourth-order valence-corrected chi connectivity index (χ4v) is 5.45. The predicted molar refractivity (Wildman–Crippen MR) is 164 cm³/mol. The summed E-state index contributed by atoms with van der Waals surface area (Å²) in [7, 11) is -2.54. The van der Waals surface area contributed by atoms with E-state index in [1.807, 2.05) is 75.4 Å². The Kier molecular flexibility index (Phi) is 11.2. The lowest BCUT2D eigenvalue weighted by atomic mass is 10.0. The van der Waals surface area contributed by atoms with Gasteiger partial charge in [-0.1, -0.05) is 85.6 Å². The highest BCUT2D eigenvalue weighted by atomic mass is 35.5. The number of halogens is 1. The van der Waals surface area contributed by atoms with Crippen LogP contribution >= 0.6 is 11.6 Å². The maximum atomic E-state index is 14.2. The van der Waals surface area contributed by atoms with Crippen molar-refractivity contribution in [1.82, 2.24) is 10.2 Å². The van der Waals surface area contributed by atoms with Gasteiger partial charge in [-0.3, -0.25) is 13.9 Å². The Morgan fingerprint density at radius 1 is 0.976 bits per heavy atom. The highest BCUT2D eigenvalue weighted by molar-refractivity contribution is 7.92. The largest absolute Gasteiger partial charge is 0.495 e. The number of carbonyl (C=O) groups excluding carboxylic acids is 2. The number of carbonyl (C=O) groups is 2. The zero-order valence-electron chi connectivity index (χ0n) is 24.1. The average molecular weight is 600 g/mol. The summed E-state index contributed by atoms with van der Waals surface area (Å²) in [6.07, 6.45) is 1.27. The van der Waals surface area contributed by atoms with Gasteiger partial charge in [-0.15, -0.1) is 0 Å². The highest BCUT2D eigenvalue weighted by Gasteiger charge is 2.33. The van der Waals surface area contributed by atoms with Crippen LogP contribution in [-0.4, -0.2) is 57.6 Å². The fourth-order valence-electron chi connectivity index (χ4n) is 4.44. The lowest BCUT2D eigenvalue weighted by Gasteiger charge is -2.34. The number of amides is 2. The maximum Gasteiger partial charge on any atom is 0.244 e. The van der Waals surface area contributed by atoms with Gasteiger partial charge in [0, 0.05) is 24.5 Å². The molecule has 0 saturated carbocycles. The smallest absolute Gasteiger partial charge is 0.244 e. The van der Waals surface area contributed by atoms with Crippen LogP contribution in [0.3, 0.4) is 0 Å². The van der Waals surface area contributed by atoms with Crippen molar-refractivity contribution in [3.05, 3.63) is 94.5 Å². The van der Waals surface area contributed by atoms with Crippen LogP contribution in [0.25, 0.3) is 0 Å². The third-order valence-electron chi connectivity index (χ3n) is 6.48. The Balaban J connectivity index is 2.09. The van der Waals surface area contributed by atoms with Crippen LogP contribution in [-0.2, 0) is 32.6 Å². The molecule has 8 nitrogen and oxygen atoms in total. The number of ether oxygens (including phenoxy) is 1. The van der Waals surface area contributed by atoms with Crippen molar-refractivity contribution in [2.75, 3.05) is 30.8 Å². The zero-order chi connectivity index (χ0) is 30.2. The van der Waals surface area contributed by atoms with Gasteiger partial charge < -0.3 is 15.0 Å². The first-order valence-electron chi connectivity index (χ1n) is 13.4. The van der Waals surface area contributed by atoms with Gasteiger partial charge in [0.1, 0.15) is 18.3 Å². The van der Waals surface area contributed by atoms with Crippen LogP contribution in [0.5, 0.6) is 5.75 Å². The number of sulfonamides is 1. The van der Waals surface area contributed by atoms with E-state index in [0.29, 0.717) is 6.54 Å². The first-order chi connectivity index (χ1) is 19.4. The van der Waals surface area contributed by atoms with E-state index in [-0.39, 0.29) is 41.3 Å². The number of nitrogens with one attached hydrogen (secondary N) is 1. The summed E-state index contributed by atoms with van der Waals surface area (Å²) in [5.74, 6) is -0.406. The van der Waals surface area contributed by atoms with Gasteiger partial charge in [-0.05, 0) is 42.2 Å². The molecule has 2 amide bonds. The lowest BCUT2D eigenvalue weighted by molar-refractivity contribution is -0.140. The molecule has 0 spiro atoms. The Morgan fingerprint density at radius 2 is 1.66 bits per heavy atom. The van der Waals surface area contributed by atoms with E-state index in [9.17, 15) is 18.0 Å². The van der Waals surface area contributed by atoms with Gasteiger partial charge in [0.2, 0.25) is 21.8 Å². The van der Waals surface area contributed by atoms with Gasteiger partial charge in [-0.25, -0.2) is 8.42 Å². The number of nitrogens with zero attached hydrogens (tertiary/aromatic N) is 2. The predicted octanol–water partition coefficient (Wildman–Crippen LogP) is 4.84. The second-order valence-electron chi connectivity index (χ2n) is 10.4. The van der Waals surface area contributed by atoms with Crippen LogP contribution in [0.15, 0.2) is 72.8 Å². The number of benzene rings is 3. The minimum Gasteiger partial charge on any atom is -0.495 e. The van der Waals surface area contributed by atoms with E-state index >= 15 is 0 Å². The molecule has 0 bridgehead atoms. The summed E-state index contributed by atoms with van der Waals surface area (Å²) in [6.45, 7) is 5.92. The number of aryl methyl sites for hydroxylation is 1. The summed E-state index contributed by atoms with van der Waals surface area (Å²) in [6, 6.07) is 20.8. The van der Waals surface area contributed by atoms with E-state index < -0.39 is 28.5 Å². The zero-order valence-corrected chi connectivity index (χ0v) is 25.7. The molecule has 1 atom stereocenters. The van der Waals surface area contributed by atoms with Crippen molar-refractivity contribution in [2.24, 2.45) is 5.92 Å². The summed E-state index contributed by atoms with van der Waals surface area (Å²) in [4.78, 5) is 29.3. The molecule has 0 saturated heterocycles. The second-order valence-corrected chi connectivity index (χ2v) is 12.8. The van der Waals surface area contributed by atoms with Crippen LogP contribution in [0.4, 0.5) is 5.69 Å². The Hall–Kier alpha value is -3.56. The molecule has 0 aromatic heterocycles. The van der Waals surface area contributed by atoms with Crippen LogP contribution in [0.2, 0.25) is 5.02 Å². The lowest BCUT2D eigenvalue weighted by Crippen LogP contribution is -2.53. The molecular weight excluding hydrogens is 562 g/mol. The van der Waals surface area contributed by atoms with E-state index in [1.165, 1.54) is 18.1 Å². The summed E-state index contributed by atoms with van der Waals surface area (Å²) < 4.78 is 32.4. The molecule has 3 rings (SSSR count). The molecular formula is C31H38ClN3O5S. The van der Waals surface area contributed by atoms with Gasteiger partial charge in [-0.2, -0.15) is 0 Å². The van der Waals surface area contributed by atoms with E-state index in [2.05, 4.69) is 5.32 Å². The minimum atomic E-state index is -3.96. The van der Waals surface area contributed by atoms with Gasteiger partial charge in [0.15, 0.2) is 0 Å². The summed E-state index contributed by atoms with van der Waals surface area (Å²) in [5.41, 5.74) is 2.82. The number of hydrogen-bond donors (Lipinski definition) is 1. The third-order valence-corrected chi connectivity index (χ3v) is 7.84. The normalized spacial score (nSPS) is 12.1. The highest BCUT2D eigenvalue weighted by Crippen LogP contribution is 2.33. The first kappa shape index (κ1) is 32.0. The molecule has 0 aliphatic rings. The second kappa shape index (κ2) is 14.4. The Labute approximate surface area is 248 Å². The standard InChI is InChI=1S/C31H38ClN3O5S/c1-22(2)19-33-31(37)28(17-24-11-7-6-8-12-24)34(20-25-13-9-10-23(3)16-25)30(36)21-35(41(5,38)39)27-18-26(32)14-15-29(27)40-4/h6-16,18,22,28H,17,19-21H2,1-5H3,(H,33,37). The van der Waals surface area contributed by atoms with Crippen molar-refractivity contribution in [1.29, 1.82) is 0 Å². The van der Waals surface area contributed by atoms with Crippen molar-refractivity contribution in [3.8, 4) is 5.75 Å². The topological polar surface area (TPSA) is 96.0 Å². The molecule has 1 unspecified atom stereocenters. The Bertz CT molecular complexity index is 1450. The number of hydrogen-bond acceptors (Lipinski definition) is 5. The van der Waals surface area contributed by atoms with E-state index in [4.69, 9.17) is 16.3 Å². The van der Waals surface area contributed by atoms with E-state index in [0.717, 1.165) is 27.3 Å². The van der Waals surface area contributed by atoms with Gasteiger partial charge in [0.05, 0.1) is 19.1 Å². The first-order valence-corrected chi connectivity index (χ1v) is 15.6. The fraction of sp³-hybridized carbons (Fsp3) is 0.355. The SMILES string of the molecule is COc1ccc(Cl)cc1N(CC(=O)N(Cc1cccc(C)c1)C(Cc1ccccc1)C(=O)NCC(C)C)S(C)(=O)=O. The monoisotopic (exact) mass is 599 g/mol. The van der Waals surface area contributed by atoms with Crippen molar-refractivity contribution in [3.63, 3.8) is 0 Å². The van der Waals surface area contributed by atoms with Crippen LogP contribution in [0.1, 0.15) is 30.5 Å². The van der Waals surface area contributed by atoms with Crippen LogP contribution in [0, 0.1) is 12.8 Å². The summed E-state index contributed by atoms with van der Waals surface area (Å²) in [5, 5.41) is 3.26. The average Bonchev–Trinajstić information content (AvgIpc) is 2.92. The van der Waals surface area contributed by atoms with Crippen molar-refractivity contribution in [2.45, 2.75) is 39.8 Å². The molecule has 0 aliphatic heterocycles. The van der Waals surface area contributed by atoms with Gasteiger partial charge in [0.25, 0.3) is 0 Å². The molecule has 3 aromatic rings. The molecule has 3 aromatic carbocycles. The number of anilines is 1. The molecule has 0 heterocycles. The molecule has 10 heteroatoms. The molecule has 220 valence electrons. The molecule has 0 fully saturated rings. The summed E-state index contributed by atoms with van der Waals surface area (Å²) >= 11 is 6.21. The minimum absolute atomic E-state index is 0.109. The molecule has 0 aliphatic carbocycles. The third kappa shape index (κ3) is 9.23. The number of methoxy groups -OCH3 is 1. The molecule has 0 radical (unpaired) electrons. The van der Waals surface area contributed by atoms with Crippen LogP contribution < -0.4 is 14.4 Å². The number of rotatable bonds is 13. The maximum absolute atomic E-state index is 14.2. The van der Waals surface area contributed by atoms with Crippen molar-refractivity contribution >= 4 is 39.1 Å². The van der Waals surface area contributed by atoms with E-state index in [1.54, 1.807) is 12.1 Å². The Morgan fingerprint density at radius 3 is 2.27 bits per heavy atom. The quantitative estimate of drug-likeness (QED) is 0.303. The van der Waals surface area contributed by atoms with Crippen molar-refractivity contribution < 1.29 is 22.7 Å². The molecule has 1 N–H and O–H groups in total. The van der Waals surface area contributed by atoms with Gasteiger partial charge >= 0.3 is 0 Å².